The number of alkyl halides is 3. The Labute approximate surface area is 172 Å². The SMILES string of the molecule is CC(C)NS(=O)(=O)c1cccc(CNS(=O)(=O)c2cc(C(F)(F)F)ccc2Cl)c1. The third-order valence-electron chi connectivity index (χ3n) is 3.61. The van der Waals surface area contributed by atoms with Crippen molar-refractivity contribution in [1.29, 1.82) is 0 Å². The number of nitrogens with one attached hydrogen (secondary N) is 2. The molecule has 29 heavy (non-hydrogen) atoms. The lowest BCUT2D eigenvalue weighted by atomic mass is 10.2. The first-order chi connectivity index (χ1) is 13.2. The van der Waals surface area contributed by atoms with Crippen LogP contribution in [0.15, 0.2) is 52.3 Å². The maximum absolute atomic E-state index is 12.9. The fourth-order valence-electron chi connectivity index (χ4n) is 2.34. The summed E-state index contributed by atoms with van der Waals surface area (Å²) in [6, 6.07) is 7.14. The van der Waals surface area contributed by atoms with Gasteiger partial charge in [0.25, 0.3) is 0 Å². The second-order valence-corrected chi connectivity index (χ2v) is 10.2. The standard InChI is InChI=1S/C17H18ClF3N2O4S2/c1-11(2)23-28(24,25)14-5-3-4-12(8-14)10-22-29(26,27)16-9-13(17(19,20)21)6-7-15(16)18/h3-9,11,22-23H,10H2,1-2H3. The van der Waals surface area contributed by atoms with E-state index >= 15 is 0 Å². The van der Waals surface area contributed by atoms with Crippen molar-refractivity contribution < 1.29 is 30.0 Å². The molecule has 160 valence electrons. The van der Waals surface area contributed by atoms with Crippen LogP contribution in [0.25, 0.3) is 0 Å². The summed E-state index contributed by atoms with van der Waals surface area (Å²) in [5.74, 6) is 0. The Bertz CT molecular complexity index is 1100. The van der Waals surface area contributed by atoms with Gasteiger partial charge in [0, 0.05) is 12.6 Å². The number of halogens is 4. The number of hydrogen-bond donors (Lipinski definition) is 2. The van der Waals surface area contributed by atoms with Crippen LogP contribution in [0, 0.1) is 0 Å². The second kappa shape index (κ2) is 8.60. The molecule has 2 rings (SSSR count). The topological polar surface area (TPSA) is 92.3 Å². The van der Waals surface area contributed by atoms with Crippen LogP contribution in [0.5, 0.6) is 0 Å². The molecule has 0 aromatic heterocycles. The Morgan fingerprint density at radius 3 is 2.24 bits per heavy atom. The lowest BCUT2D eigenvalue weighted by Gasteiger charge is -2.13. The van der Waals surface area contributed by atoms with Crippen molar-refractivity contribution in [3.63, 3.8) is 0 Å². The molecule has 0 radical (unpaired) electrons. The summed E-state index contributed by atoms with van der Waals surface area (Å²) in [5, 5.41) is -0.372. The third kappa shape index (κ3) is 6.16. The number of benzene rings is 2. The minimum Gasteiger partial charge on any atom is -0.209 e. The van der Waals surface area contributed by atoms with Crippen molar-refractivity contribution in [2.24, 2.45) is 0 Å². The lowest BCUT2D eigenvalue weighted by Crippen LogP contribution is -2.30. The van der Waals surface area contributed by atoms with Crippen LogP contribution >= 0.6 is 11.6 Å². The maximum Gasteiger partial charge on any atom is 0.416 e. The van der Waals surface area contributed by atoms with Crippen LogP contribution in [-0.4, -0.2) is 22.9 Å². The molecule has 6 nitrogen and oxygen atoms in total. The van der Waals surface area contributed by atoms with E-state index in [4.69, 9.17) is 11.6 Å². The predicted molar refractivity (Wildman–Crippen MR) is 102 cm³/mol. The lowest BCUT2D eigenvalue weighted by molar-refractivity contribution is -0.137. The van der Waals surface area contributed by atoms with E-state index in [1.54, 1.807) is 13.8 Å². The molecule has 0 saturated heterocycles. The zero-order chi connectivity index (χ0) is 22.0. The molecule has 0 aliphatic carbocycles. The van der Waals surface area contributed by atoms with Crippen LogP contribution in [0.4, 0.5) is 13.2 Å². The molecule has 2 aromatic carbocycles. The van der Waals surface area contributed by atoms with E-state index in [-0.39, 0.29) is 22.5 Å². The molecule has 0 heterocycles. The summed E-state index contributed by atoms with van der Waals surface area (Å²) >= 11 is 5.77. The first-order valence-corrected chi connectivity index (χ1v) is 11.5. The minimum atomic E-state index is -4.74. The highest BCUT2D eigenvalue weighted by molar-refractivity contribution is 7.89. The van der Waals surface area contributed by atoms with Gasteiger partial charge in [-0.3, -0.25) is 0 Å². The Morgan fingerprint density at radius 2 is 1.66 bits per heavy atom. The summed E-state index contributed by atoms with van der Waals surface area (Å²) in [4.78, 5) is -0.792. The van der Waals surface area contributed by atoms with Crippen molar-refractivity contribution in [3.05, 3.63) is 58.6 Å². The molecular weight excluding hydrogens is 453 g/mol. The fourth-order valence-corrected chi connectivity index (χ4v) is 5.20. The van der Waals surface area contributed by atoms with Gasteiger partial charge in [0.15, 0.2) is 0 Å². The highest BCUT2D eigenvalue weighted by atomic mass is 35.5. The molecule has 0 atom stereocenters. The maximum atomic E-state index is 12.9. The minimum absolute atomic E-state index is 0.0694. The average molecular weight is 471 g/mol. The summed E-state index contributed by atoms with van der Waals surface area (Å²) in [7, 11) is -8.18. The number of hydrogen-bond acceptors (Lipinski definition) is 4. The van der Waals surface area contributed by atoms with Crippen LogP contribution in [-0.2, 0) is 32.8 Å². The molecule has 0 amide bonds. The van der Waals surface area contributed by atoms with Gasteiger partial charge in [-0.15, -0.1) is 0 Å². The van der Waals surface area contributed by atoms with E-state index in [9.17, 15) is 30.0 Å². The third-order valence-corrected chi connectivity index (χ3v) is 7.15. The number of sulfonamides is 2. The van der Waals surface area contributed by atoms with Crippen LogP contribution < -0.4 is 9.44 Å². The van der Waals surface area contributed by atoms with Crippen LogP contribution in [0.2, 0.25) is 5.02 Å². The van der Waals surface area contributed by atoms with Gasteiger partial charge < -0.3 is 0 Å². The molecule has 0 aliphatic heterocycles. The summed E-state index contributed by atoms with van der Waals surface area (Å²) < 4.78 is 92.4. The van der Waals surface area contributed by atoms with Crippen molar-refractivity contribution in [2.75, 3.05) is 0 Å². The van der Waals surface area contributed by atoms with Gasteiger partial charge in [0.1, 0.15) is 4.90 Å². The molecule has 0 saturated carbocycles. The Morgan fingerprint density at radius 1 is 1.00 bits per heavy atom. The molecule has 12 heteroatoms. The van der Waals surface area contributed by atoms with Gasteiger partial charge in [-0.05, 0) is 49.7 Å². The number of rotatable bonds is 7. The summed E-state index contributed by atoms with van der Waals surface area (Å²) in [6.07, 6.45) is -4.74. The largest absolute Gasteiger partial charge is 0.416 e. The molecule has 2 aromatic rings. The van der Waals surface area contributed by atoms with Crippen molar-refractivity contribution in [3.8, 4) is 0 Å². The predicted octanol–water partition coefficient (Wildman–Crippen LogP) is 3.52. The highest BCUT2D eigenvalue weighted by Crippen LogP contribution is 2.33. The molecule has 0 unspecified atom stereocenters. The van der Waals surface area contributed by atoms with E-state index in [2.05, 4.69) is 9.44 Å². The second-order valence-electron chi connectivity index (χ2n) is 6.39. The smallest absolute Gasteiger partial charge is 0.209 e. The van der Waals surface area contributed by atoms with Gasteiger partial charge >= 0.3 is 6.18 Å². The molecule has 0 aliphatic rings. The zero-order valence-corrected chi connectivity index (χ0v) is 17.7. The van der Waals surface area contributed by atoms with Crippen LogP contribution in [0.1, 0.15) is 25.0 Å². The molecule has 0 bridgehead atoms. The fraction of sp³-hybridized carbons (Fsp3) is 0.294. The van der Waals surface area contributed by atoms with E-state index in [0.29, 0.717) is 17.7 Å². The Balaban J connectivity index is 2.27. The van der Waals surface area contributed by atoms with Gasteiger partial charge in [0.2, 0.25) is 20.0 Å². The highest BCUT2D eigenvalue weighted by Gasteiger charge is 2.32. The Kier molecular flexibility index (Phi) is 7.01. The summed E-state index contributed by atoms with van der Waals surface area (Å²) in [6.45, 7) is 2.95. The van der Waals surface area contributed by atoms with Gasteiger partial charge in [-0.25, -0.2) is 26.3 Å². The normalized spacial score (nSPS) is 13.1. The molecule has 2 N–H and O–H groups in total. The van der Waals surface area contributed by atoms with Crippen molar-refractivity contribution >= 4 is 31.6 Å². The monoisotopic (exact) mass is 470 g/mol. The van der Waals surface area contributed by atoms with Crippen molar-refractivity contribution in [1.82, 2.24) is 9.44 Å². The zero-order valence-electron chi connectivity index (χ0n) is 15.3. The van der Waals surface area contributed by atoms with Crippen LogP contribution in [0.3, 0.4) is 0 Å². The summed E-state index contributed by atoms with van der Waals surface area (Å²) in [5.41, 5.74) is -0.863. The van der Waals surface area contributed by atoms with Gasteiger partial charge in [-0.2, -0.15) is 13.2 Å². The molecular formula is C17H18ClF3N2O4S2. The van der Waals surface area contributed by atoms with E-state index < -0.39 is 36.7 Å². The molecule has 0 fully saturated rings. The quantitative estimate of drug-likeness (QED) is 0.647. The van der Waals surface area contributed by atoms with E-state index in [0.717, 1.165) is 6.07 Å². The first-order valence-electron chi connectivity index (χ1n) is 8.20. The average Bonchev–Trinajstić information content (AvgIpc) is 2.58. The van der Waals surface area contributed by atoms with E-state index in [1.165, 1.54) is 24.3 Å². The van der Waals surface area contributed by atoms with Gasteiger partial charge in [0.05, 0.1) is 15.5 Å². The van der Waals surface area contributed by atoms with Crippen molar-refractivity contribution in [2.45, 2.75) is 42.4 Å². The Hall–Kier alpha value is -1.66. The van der Waals surface area contributed by atoms with E-state index in [1.807, 2.05) is 0 Å². The molecule has 0 spiro atoms. The first kappa shape index (κ1) is 23.6. The van der Waals surface area contributed by atoms with Gasteiger partial charge in [-0.1, -0.05) is 23.7 Å².